The molecule has 0 fully saturated rings. The van der Waals surface area contributed by atoms with Gasteiger partial charge in [0.2, 0.25) is 0 Å². The molecule has 2 aromatic rings. The van der Waals surface area contributed by atoms with Crippen LogP contribution in [0.2, 0.25) is 0 Å². The average Bonchev–Trinajstić information content (AvgIpc) is 2.87. The lowest BCUT2D eigenvalue weighted by molar-refractivity contribution is 0.553. The van der Waals surface area contributed by atoms with Crippen LogP contribution < -0.4 is 5.32 Å². The first-order valence-electron chi connectivity index (χ1n) is 6.72. The van der Waals surface area contributed by atoms with Crippen molar-refractivity contribution in [2.24, 2.45) is 0 Å². The van der Waals surface area contributed by atoms with Crippen molar-refractivity contribution in [2.75, 3.05) is 6.54 Å². The summed E-state index contributed by atoms with van der Waals surface area (Å²) >= 11 is 0. The van der Waals surface area contributed by atoms with Crippen LogP contribution in [0.3, 0.4) is 0 Å². The second kappa shape index (κ2) is 5.93. The van der Waals surface area contributed by atoms with E-state index in [1.54, 1.807) is 0 Å². The summed E-state index contributed by atoms with van der Waals surface area (Å²) in [5, 5.41) is 11.8. The number of hydrogen-bond donors (Lipinski definition) is 1. The van der Waals surface area contributed by atoms with Crippen molar-refractivity contribution < 1.29 is 0 Å². The maximum Gasteiger partial charge on any atom is 0.130 e. The Morgan fingerprint density at radius 2 is 2.05 bits per heavy atom. The van der Waals surface area contributed by atoms with Gasteiger partial charge in [0.05, 0.1) is 17.4 Å². The topological polar surface area (TPSA) is 55.6 Å². The van der Waals surface area contributed by atoms with E-state index < -0.39 is 0 Å². The largest absolute Gasteiger partial charge is 0.334 e. The minimum absolute atomic E-state index is 0.0640. The van der Waals surface area contributed by atoms with Gasteiger partial charge in [0, 0.05) is 24.5 Å². The van der Waals surface area contributed by atoms with Crippen molar-refractivity contribution in [1.29, 1.82) is 0 Å². The van der Waals surface area contributed by atoms with Gasteiger partial charge in [-0.3, -0.25) is 0 Å². The summed E-state index contributed by atoms with van der Waals surface area (Å²) in [5.41, 5.74) is 3.02. The number of imidazole rings is 1. The Morgan fingerprint density at radius 1 is 1.26 bits per heavy atom. The van der Waals surface area contributed by atoms with Crippen LogP contribution in [-0.4, -0.2) is 26.3 Å². The molecule has 1 N–H and O–H groups in total. The third kappa shape index (κ3) is 2.81. The van der Waals surface area contributed by atoms with Gasteiger partial charge >= 0.3 is 0 Å². The number of aromatic nitrogens is 4. The molecule has 0 saturated carbocycles. The molecule has 0 aliphatic carbocycles. The van der Waals surface area contributed by atoms with Crippen molar-refractivity contribution in [3.05, 3.63) is 41.2 Å². The van der Waals surface area contributed by atoms with Crippen LogP contribution >= 0.6 is 0 Å². The van der Waals surface area contributed by atoms with E-state index in [9.17, 15) is 0 Å². The van der Waals surface area contributed by atoms with Crippen LogP contribution in [0.25, 0.3) is 0 Å². The van der Waals surface area contributed by atoms with E-state index in [-0.39, 0.29) is 6.04 Å². The Balaban J connectivity index is 2.48. The fourth-order valence-corrected chi connectivity index (χ4v) is 2.26. The van der Waals surface area contributed by atoms with Crippen LogP contribution in [0, 0.1) is 13.8 Å². The van der Waals surface area contributed by atoms with E-state index in [1.165, 1.54) is 0 Å². The molecule has 5 heteroatoms. The van der Waals surface area contributed by atoms with Crippen molar-refractivity contribution >= 4 is 0 Å². The molecule has 0 spiro atoms. The van der Waals surface area contributed by atoms with Gasteiger partial charge in [0.1, 0.15) is 5.82 Å². The molecule has 2 aromatic heterocycles. The van der Waals surface area contributed by atoms with Crippen molar-refractivity contribution in [3.8, 4) is 0 Å². The van der Waals surface area contributed by atoms with Crippen LogP contribution in [0.15, 0.2) is 18.5 Å². The summed E-state index contributed by atoms with van der Waals surface area (Å²) in [7, 11) is 0. The summed E-state index contributed by atoms with van der Waals surface area (Å²) in [6, 6.07) is 2.15. The van der Waals surface area contributed by atoms with E-state index in [0.29, 0.717) is 0 Å². The molecule has 0 aromatic carbocycles. The van der Waals surface area contributed by atoms with Gasteiger partial charge in [0.15, 0.2) is 0 Å². The maximum absolute atomic E-state index is 4.51. The Bertz CT molecular complexity index is 547. The summed E-state index contributed by atoms with van der Waals surface area (Å²) < 4.78 is 2.16. The van der Waals surface area contributed by atoms with E-state index in [4.69, 9.17) is 0 Å². The third-order valence-electron chi connectivity index (χ3n) is 3.21. The smallest absolute Gasteiger partial charge is 0.130 e. The average molecular weight is 259 g/mol. The Morgan fingerprint density at radius 3 is 2.74 bits per heavy atom. The lowest BCUT2D eigenvalue weighted by atomic mass is 10.0. The number of nitrogens with zero attached hydrogens (tertiary/aromatic N) is 4. The predicted molar refractivity (Wildman–Crippen MR) is 74.9 cm³/mol. The minimum atomic E-state index is 0.0640. The zero-order valence-corrected chi connectivity index (χ0v) is 12.0. The Labute approximate surface area is 114 Å². The maximum atomic E-state index is 4.51. The predicted octanol–water partition coefficient (Wildman–Crippen LogP) is 2.01. The highest BCUT2D eigenvalue weighted by molar-refractivity contribution is 5.29. The number of nitrogens with one attached hydrogen (secondary N) is 1. The second-order valence-electron chi connectivity index (χ2n) is 4.59. The van der Waals surface area contributed by atoms with Crippen LogP contribution in [-0.2, 0) is 6.54 Å². The van der Waals surface area contributed by atoms with Gasteiger partial charge in [-0.05, 0) is 33.4 Å². The van der Waals surface area contributed by atoms with Crippen molar-refractivity contribution in [1.82, 2.24) is 25.1 Å². The number of rotatable bonds is 5. The first kappa shape index (κ1) is 13.7. The van der Waals surface area contributed by atoms with Gasteiger partial charge in [-0.2, -0.15) is 10.2 Å². The number of aryl methyl sites for hydroxylation is 3. The fourth-order valence-electron chi connectivity index (χ4n) is 2.26. The first-order valence-corrected chi connectivity index (χ1v) is 6.72. The molecule has 1 unspecified atom stereocenters. The molecule has 0 aliphatic heterocycles. The third-order valence-corrected chi connectivity index (χ3v) is 3.21. The summed E-state index contributed by atoms with van der Waals surface area (Å²) in [5.74, 6) is 1.03. The van der Waals surface area contributed by atoms with E-state index in [1.807, 2.05) is 26.2 Å². The lowest BCUT2D eigenvalue weighted by Gasteiger charge is -2.20. The molecule has 0 bridgehead atoms. The van der Waals surface area contributed by atoms with Gasteiger partial charge in [-0.1, -0.05) is 6.92 Å². The molecule has 0 amide bonds. The zero-order valence-electron chi connectivity index (χ0n) is 12.0. The fraction of sp³-hybridized carbons (Fsp3) is 0.500. The lowest BCUT2D eigenvalue weighted by Crippen LogP contribution is -2.26. The van der Waals surface area contributed by atoms with Crippen LogP contribution in [0.4, 0.5) is 0 Å². The van der Waals surface area contributed by atoms with E-state index in [2.05, 4.69) is 45.0 Å². The van der Waals surface area contributed by atoms with Gasteiger partial charge in [0.25, 0.3) is 0 Å². The van der Waals surface area contributed by atoms with Crippen molar-refractivity contribution in [2.45, 2.75) is 40.3 Å². The monoisotopic (exact) mass is 259 g/mol. The zero-order chi connectivity index (χ0) is 13.8. The molecule has 0 radical (unpaired) electrons. The Kier molecular flexibility index (Phi) is 4.27. The highest BCUT2D eigenvalue weighted by Crippen LogP contribution is 2.23. The highest BCUT2D eigenvalue weighted by atomic mass is 15.1. The van der Waals surface area contributed by atoms with Crippen molar-refractivity contribution in [3.63, 3.8) is 0 Å². The molecule has 0 saturated heterocycles. The number of hydrogen-bond acceptors (Lipinski definition) is 4. The van der Waals surface area contributed by atoms with E-state index in [0.717, 1.165) is 35.9 Å². The summed E-state index contributed by atoms with van der Waals surface area (Å²) in [6.07, 6.45) is 3.86. The molecule has 2 rings (SSSR count). The molecule has 102 valence electrons. The van der Waals surface area contributed by atoms with Crippen LogP contribution in [0.1, 0.15) is 42.7 Å². The van der Waals surface area contributed by atoms with Gasteiger partial charge in [-0.15, -0.1) is 0 Å². The summed E-state index contributed by atoms with van der Waals surface area (Å²) in [4.78, 5) is 4.51. The SMILES string of the molecule is CCNC(c1cc(C)nnc1C)c1nccn1CC. The molecular weight excluding hydrogens is 238 g/mol. The van der Waals surface area contributed by atoms with Crippen LogP contribution in [0.5, 0.6) is 0 Å². The Hall–Kier alpha value is -1.75. The standard InChI is InChI=1S/C14H21N5/c1-5-15-13(14-16-7-8-19(14)6-2)12-9-10(3)17-18-11(12)4/h7-9,13,15H,5-6H2,1-4H3. The highest BCUT2D eigenvalue weighted by Gasteiger charge is 2.20. The molecule has 19 heavy (non-hydrogen) atoms. The molecule has 5 nitrogen and oxygen atoms in total. The first-order chi connectivity index (χ1) is 9.17. The van der Waals surface area contributed by atoms with Gasteiger partial charge < -0.3 is 9.88 Å². The second-order valence-corrected chi connectivity index (χ2v) is 4.59. The quantitative estimate of drug-likeness (QED) is 0.892. The molecule has 1 atom stereocenters. The normalized spacial score (nSPS) is 12.6. The molecule has 0 aliphatic rings. The molecule has 2 heterocycles. The van der Waals surface area contributed by atoms with E-state index >= 15 is 0 Å². The minimum Gasteiger partial charge on any atom is -0.334 e. The van der Waals surface area contributed by atoms with Gasteiger partial charge in [-0.25, -0.2) is 4.98 Å². The summed E-state index contributed by atoms with van der Waals surface area (Å²) in [6.45, 7) is 9.96. The molecular formula is C14H21N5.